The number of nitrogens with two attached hydrogens (primary N) is 1. The lowest BCUT2D eigenvalue weighted by Crippen LogP contribution is -2.12. The lowest BCUT2D eigenvalue weighted by molar-refractivity contribution is -0.143. The van der Waals surface area contributed by atoms with E-state index in [0.29, 0.717) is 13.0 Å². The van der Waals surface area contributed by atoms with Crippen LogP contribution < -0.4 is 5.73 Å². The Morgan fingerprint density at radius 3 is 2.67 bits per heavy atom. The molecule has 2 aromatic rings. The predicted molar refractivity (Wildman–Crippen MR) is 89.1 cm³/mol. The number of carbonyl (C=O) groups is 1. The van der Waals surface area contributed by atoms with Crippen molar-refractivity contribution in [3.8, 4) is 0 Å². The Bertz CT molecular complexity index is 627. The predicted octanol–water partition coefficient (Wildman–Crippen LogP) is 4.34. The van der Waals surface area contributed by atoms with Crippen LogP contribution in [0.25, 0.3) is 10.8 Å². The number of hydrogen-bond acceptors (Lipinski definition) is 3. The van der Waals surface area contributed by atoms with Crippen molar-refractivity contribution in [1.29, 1.82) is 0 Å². The lowest BCUT2D eigenvalue weighted by atomic mass is 9.96. The highest BCUT2D eigenvalue weighted by molar-refractivity contribution is 9.10. The molecule has 0 spiro atoms. The first-order valence-electron chi connectivity index (χ1n) is 7.21. The zero-order valence-corrected chi connectivity index (χ0v) is 13.7. The van der Waals surface area contributed by atoms with Gasteiger partial charge in [0.1, 0.15) is 0 Å². The van der Waals surface area contributed by atoms with Crippen LogP contribution in [0, 0.1) is 0 Å². The Morgan fingerprint density at radius 1 is 1.24 bits per heavy atom. The van der Waals surface area contributed by atoms with Crippen molar-refractivity contribution in [1.82, 2.24) is 0 Å². The molecule has 0 aromatic heterocycles. The summed E-state index contributed by atoms with van der Waals surface area (Å²) < 4.78 is 6.00. The first kappa shape index (κ1) is 16.0. The summed E-state index contributed by atoms with van der Waals surface area (Å²) in [6.45, 7) is 2.25. The SMILES string of the molecule is CCOC(=O)CCCC(N)c1ccc(Br)c2ccccc12. The van der Waals surface area contributed by atoms with Gasteiger partial charge in [0.2, 0.25) is 0 Å². The fraction of sp³-hybridized carbons (Fsp3) is 0.353. The minimum absolute atomic E-state index is 0.0718. The van der Waals surface area contributed by atoms with Gasteiger partial charge in [-0.15, -0.1) is 0 Å². The van der Waals surface area contributed by atoms with Crippen molar-refractivity contribution < 1.29 is 9.53 Å². The van der Waals surface area contributed by atoms with Crippen LogP contribution in [0.1, 0.15) is 37.8 Å². The number of ether oxygens (including phenoxy) is 1. The topological polar surface area (TPSA) is 52.3 Å². The average molecular weight is 350 g/mol. The molecule has 4 heteroatoms. The molecule has 0 saturated carbocycles. The van der Waals surface area contributed by atoms with Crippen molar-refractivity contribution in [3.05, 3.63) is 46.4 Å². The van der Waals surface area contributed by atoms with E-state index in [2.05, 4.69) is 34.1 Å². The van der Waals surface area contributed by atoms with E-state index in [1.165, 1.54) is 0 Å². The van der Waals surface area contributed by atoms with Gasteiger partial charge in [0.05, 0.1) is 6.61 Å². The fourth-order valence-electron chi connectivity index (χ4n) is 2.46. The Balaban J connectivity index is 2.08. The van der Waals surface area contributed by atoms with Gasteiger partial charge in [-0.2, -0.15) is 0 Å². The zero-order chi connectivity index (χ0) is 15.2. The average Bonchev–Trinajstić information content (AvgIpc) is 2.48. The molecule has 0 aliphatic carbocycles. The van der Waals surface area contributed by atoms with E-state index in [0.717, 1.165) is 33.7 Å². The van der Waals surface area contributed by atoms with Crippen LogP contribution in [-0.4, -0.2) is 12.6 Å². The van der Waals surface area contributed by atoms with E-state index in [1.807, 2.05) is 25.1 Å². The Morgan fingerprint density at radius 2 is 1.95 bits per heavy atom. The second kappa shape index (κ2) is 7.57. The summed E-state index contributed by atoms with van der Waals surface area (Å²) in [5.41, 5.74) is 7.43. The maximum Gasteiger partial charge on any atom is 0.305 e. The third kappa shape index (κ3) is 4.05. The molecule has 0 radical (unpaired) electrons. The molecule has 1 unspecified atom stereocenters. The quantitative estimate of drug-likeness (QED) is 0.789. The van der Waals surface area contributed by atoms with Crippen LogP contribution in [0.15, 0.2) is 40.9 Å². The maximum absolute atomic E-state index is 11.3. The van der Waals surface area contributed by atoms with Crippen molar-refractivity contribution in [2.75, 3.05) is 6.61 Å². The number of rotatable bonds is 6. The maximum atomic E-state index is 11.3. The molecular formula is C17H20BrNO2. The first-order chi connectivity index (χ1) is 10.1. The van der Waals surface area contributed by atoms with E-state index in [4.69, 9.17) is 10.5 Å². The second-order valence-electron chi connectivity index (χ2n) is 4.99. The highest BCUT2D eigenvalue weighted by Gasteiger charge is 2.12. The summed E-state index contributed by atoms with van der Waals surface area (Å²) in [7, 11) is 0. The van der Waals surface area contributed by atoms with Gasteiger partial charge >= 0.3 is 5.97 Å². The molecule has 2 rings (SSSR count). The molecule has 0 aliphatic rings. The number of halogens is 1. The normalized spacial score (nSPS) is 12.3. The van der Waals surface area contributed by atoms with Gasteiger partial charge in [0.25, 0.3) is 0 Å². The molecule has 0 aliphatic heterocycles. The van der Waals surface area contributed by atoms with Crippen molar-refractivity contribution in [2.24, 2.45) is 5.73 Å². The summed E-state index contributed by atoms with van der Waals surface area (Å²) in [6, 6.07) is 12.2. The van der Waals surface area contributed by atoms with Crippen molar-refractivity contribution in [2.45, 2.75) is 32.2 Å². The van der Waals surface area contributed by atoms with Crippen LogP contribution in [-0.2, 0) is 9.53 Å². The monoisotopic (exact) mass is 349 g/mol. The van der Waals surface area contributed by atoms with Crippen LogP contribution in [0.4, 0.5) is 0 Å². The van der Waals surface area contributed by atoms with E-state index in [1.54, 1.807) is 0 Å². The number of fused-ring (bicyclic) bond motifs is 1. The Hall–Kier alpha value is -1.39. The number of benzene rings is 2. The summed E-state index contributed by atoms with van der Waals surface area (Å²) in [6.07, 6.45) is 1.94. The highest BCUT2D eigenvalue weighted by atomic mass is 79.9. The van der Waals surface area contributed by atoms with Gasteiger partial charge in [0.15, 0.2) is 0 Å². The van der Waals surface area contributed by atoms with Gasteiger partial charge in [-0.05, 0) is 42.2 Å². The van der Waals surface area contributed by atoms with Crippen LogP contribution >= 0.6 is 15.9 Å². The van der Waals surface area contributed by atoms with Gasteiger partial charge in [0, 0.05) is 16.9 Å². The molecule has 1 atom stereocenters. The largest absolute Gasteiger partial charge is 0.466 e. The van der Waals surface area contributed by atoms with Gasteiger partial charge in [-0.3, -0.25) is 4.79 Å². The highest BCUT2D eigenvalue weighted by Crippen LogP contribution is 2.31. The number of esters is 1. The third-order valence-electron chi connectivity index (χ3n) is 3.51. The van der Waals surface area contributed by atoms with Crippen LogP contribution in [0.2, 0.25) is 0 Å². The van der Waals surface area contributed by atoms with E-state index < -0.39 is 0 Å². The van der Waals surface area contributed by atoms with Gasteiger partial charge in [-0.25, -0.2) is 0 Å². The summed E-state index contributed by atoms with van der Waals surface area (Å²) >= 11 is 3.57. The molecule has 2 N–H and O–H groups in total. The smallest absolute Gasteiger partial charge is 0.305 e. The number of hydrogen-bond donors (Lipinski definition) is 1. The molecule has 3 nitrogen and oxygen atoms in total. The molecule has 0 heterocycles. The van der Waals surface area contributed by atoms with Crippen LogP contribution in [0.3, 0.4) is 0 Å². The lowest BCUT2D eigenvalue weighted by Gasteiger charge is -2.15. The molecule has 112 valence electrons. The summed E-state index contributed by atoms with van der Waals surface area (Å²) in [4.78, 5) is 11.3. The van der Waals surface area contributed by atoms with Gasteiger partial charge in [-0.1, -0.05) is 46.3 Å². The standard InChI is InChI=1S/C17H20BrNO2/c1-2-21-17(20)9-5-8-16(19)14-10-11-15(18)13-7-4-3-6-12(13)14/h3-4,6-7,10-11,16H,2,5,8-9,19H2,1H3. The second-order valence-corrected chi connectivity index (χ2v) is 5.84. The molecule has 0 bridgehead atoms. The fourth-order valence-corrected chi connectivity index (χ4v) is 2.94. The molecule has 2 aromatic carbocycles. The molecule has 0 fully saturated rings. The van der Waals surface area contributed by atoms with Gasteiger partial charge < -0.3 is 10.5 Å². The minimum Gasteiger partial charge on any atom is -0.466 e. The third-order valence-corrected chi connectivity index (χ3v) is 4.20. The molecule has 21 heavy (non-hydrogen) atoms. The first-order valence-corrected chi connectivity index (χ1v) is 8.01. The van der Waals surface area contributed by atoms with E-state index >= 15 is 0 Å². The molecule has 0 amide bonds. The number of carbonyl (C=O) groups excluding carboxylic acids is 1. The zero-order valence-electron chi connectivity index (χ0n) is 12.1. The summed E-state index contributed by atoms with van der Waals surface area (Å²) in [5, 5.41) is 2.33. The molecular weight excluding hydrogens is 330 g/mol. The molecule has 0 saturated heterocycles. The Labute approximate surface area is 133 Å². The van der Waals surface area contributed by atoms with E-state index in [9.17, 15) is 4.79 Å². The van der Waals surface area contributed by atoms with Crippen molar-refractivity contribution in [3.63, 3.8) is 0 Å². The van der Waals surface area contributed by atoms with Crippen LogP contribution in [0.5, 0.6) is 0 Å². The summed E-state index contributed by atoms with van der Waals surface area (Å²) in [5.74, 6) is -0.148. The van der Waals surface area contributed by atoms with E-state index in [-0.39, 0.29) is 12.0 Å². The minimum atomic E-state index is -0.148. The Kier molecular flexibility index (Phi) is 5.76. The van der Waals surface area contributed by atoms with Crippen molar-refractivity contribution >= 4 is 32.7 Å².